The van der Waals surface area contributed by atoms with Crippen molar-refractivity contribution in [2.24, 2.45) is 5.10 Å². The minimum absolute atomic E-state index is 0.254. The van der Waals surface area contributed by atoms with Crippen LogP contribution in [0.4, 0.5) is 0 Å². The third kappa shape index (κ3) is 2.66. The summed E-state index contributed by atoms with van der Waals surface area (Å²) in [4.78, 5) is 2.38. The van der Waals surface area contributed by atoms with Gasteiger partial charge in [-0.05, 0) is 35.5 Å². The van der Waals surface area contributed by atoms with Crippen LogP contribution in [-0.2, 0) is 0 Å². The Kier molecular flexibility index (Phi) is 3.72. The quantitative estimate of drug-likeness (QED) is 0.604. The molecular formula is C25H25N3O. The van der Waals surface area contributed by atoms with E-state index in [0.29, 0.717) is 0 Å². The lowest BCUT2D eigenvalue weighted by Crippen LogP contribution is -2.58. The smallest absolute Gasteiger partial charge is 0.200 e. The number of hydrogen-bond acceptors (Lipinski definition) is 4. The van der Waals surface area contributed by atoms with Crippen molar-refractivity contribution in [3.63, 3.8) is 0 Å². The summed E-state index contributed by atoms with van der Waals surface area (Å²) >= 11 is 0. The summed E-state index contributed by atoms with van der Waals surface area (Å²) in [6.07, 6.45) is 2.88. The van der Waals surface area contributed by atoms with Crippen molar-refractivity contribution < 1.29 is 4.74 Å². The number of hydrazone groups is 1. The molecule has 6 rings (SSSR count). The number of fused-ring (bicyclic) bond motifs is 5. The van der Waals surface area contributed by atoms with Crippen molar-refractivity contribution >= 4 is 16.5 Å². The maximum absolute atomic E-state index is 6.67. The number of ether oxygens (including phenoxy) is 1. The largest absolute Gasteiger partial charge is 0.466 e. The van der Waals surface area contributed by atoms with E-state index < -0.39 is 0 Å². The van der Waals surface area contributed by atoms with Gasteiger partial charge in [0.25, 0.3) is 0 Å². The maximum Gasteiger partial charge on any atom is 0.200 e. The van der Waals surface area contributed by atoms with E-state index in [1.807, 2.05) is 0 Å². The van der Waals surface area contributed by atoms with E-state index in [4.69, 9.17) is 9.84 Å². The number of benzene rings is 3. The van der Waals surface area contributed by atoms with Crippen LogP contribution in [0.5, 0.6) is 5.75 Å². The molecule has 3 aromatic rings. The maximum atomic E-state index is 6.67. The highest BCUT2D eigenvalue weighted by Crippen LogP contribution is 2.49. The molecule has 0 aromatic heterocycles. The minimum Gasteiger partial charge on any atom is -0.466 e. The summed E-state index contributed by atoms with van der Waals surface area (Å²) in [7, 11) is 2.19. The first kappa shape index (κ1) is 17.0. The molecule has 3 aliphatic rings. The highest BCUT2D eigenvalue weighted by atomic mass is 16.5. The Bertz CT molecular complexity index is 1110. The van der Waals surface area contributed by atoms with Gasteiger partial charge in [-0.2, -0.15) is 5.10 Å². The van der Waals surface area contributed by atoms with Crippen LogP contribution in [0.15, 0.2) is 71.8 Å². The molecule has 0 radical (unpaired) electrons. The van der Waals surface area contributed by atoms with Gasteiger partial charge in [-0.1, -0.05) is 54.6 Å². The summed E-state index contributed by atoms with van der Waals surface area (Å²) in [5.41, 5.74) is 3.32. The van der Waals surface area contributed by atoms with E-state index in [1.54, 1.807) is 0 Å². The lowest BCUT2D eigenvalue weighted by Gasteiger charge is -2.50. The number of rotatable bonds is 1. The van der Waals surface area contributed by atoms with E-state index in [9.17, 15) is 0 Å². The Morgan fingerprint density at radius 1 is 0.931 bits per heavy atom. The fourth-order valence-electron chi connectivity index (χ4n) is 5.07. The van der Waals surface area contributed by atoms with Crippen molar-refractivity contribution in [3.8, 4) is 5.75 Å². The third-order valence-corrected chi connectivity index (χ3v) is 6.76. The first-order chi connectivity index (χ1) is 14.2. The molecular weight excluding hydrogens is 358 g/mol. The van der Waals surface area contributed by atoms with Gasteiger partial charge >= 0.3 is 0 Å². The second-order valence-corrected chi connectivity index (χ2v) is 8.56. The van der Waals surface area contributed by atoms with Crippen molar-refractivity contribution in [2.75, 3.05) is 20.1 Å². The van der Waals surface area contributed by atoms with E-state index in [1.165, 1.54) is 27.6 Å². The number of para-hydroxylation sites is 1. The molecule has 1 atom stereocenters. The Labute approximate surface area is 171 Å². The molecule has 4 heteroatoms. The summed E-state index contributed by atoms with van der Waals surface area (Å²) < 4.78 is 6.67. The predicted molar refractivity (Wildman–Crippen MR) is 116 cm³/mol. The van der Waals surface area contributed by atoms with Crippen LogP contribution < -0.4 is 4.74 Å². The first-order valence-electron chi connectivity index (χ1n) is 10.5. The van der Waals surface area contributed by atoms with Crippen LogP contribution in [0.1, 0.15) is 36.4 Å². The van der Waals surface area contributed by atoms with E-state index in [-0.39, 0.29) is 11.8 Å². The molecule has 0 bridgehead atoms. The molecule has 3 aliphatic heterocycles. The van der Waals surface area contributed by atoms with Crippen LogP contribution in [0.3, 0.4) is 0 Å². The van der Waals surface area contributed by atoms with Crippen molar-refractivity contribution in [2.45, 2.75) is 31.0 Å². The van der Waals surface area contributed by atoms with E-state index >= 15 is 0 Å². The number of nitrogens with zero attached hydrogens (tertiary/aromatic N) is 3. The van der Waals surface area contributed by atoms with Gasteiger partial charge in [0.2, 0.25) is 5.72 Å². The van der Waals surface area contributed by atoms with Crippen LogP contribution in [-0.4, -0.2) is 41.5 Å². The van der Waals surface area contributed by atoms with Gasteiger partial charge in [-0.15, -0.1) is 0 Å². The summed E-state index contributed by atoms with van der Waals surface area (Å²) in [5.74, 6) is 1.04. The Morgan fingerprint density at radius 2 is 1.69 bits per heavy atom. The average Bonchev–Trinajstić information content (AvgIpc) is 3.22. The first-order valence-corrected chi connectivity index (χ1v) is 10.5. The molecule has 4 nitrogen and oxygen atoms in total. The fourth-order valence-corrected chi connectivity index (χ4v) is 5.07. The number of piperidine rings is 1. The Morgan fingerprint density at radius 3 is 2.55 bits per heavy atom. The van der Waals surface area contributed by atoms with Crippen molar-refractivity contribution in [3.05, 3.63) is 77.9 Å². The molecule has 1 spiro atoms. The van der Waals surface area contributed by atoms with Gasteiger partial charge in [-0.25, -0.2) is 5.01 Å². The van der Waals surface area contributed by atoms with Gasteiger partial charge in [0.1, 0.15) is 5.75 Å². The van der Waals surface area contributed by atoms with Gasteiger partial charge in [-0.3, -0.25) is 0 Å². The molecule has 0 unspecified atom stereocenters. The standard InChI is InChI=1S/C25H25N3O/c1-27-14-12-25(13-15-27)28-23(21-8-4-5-9-24(21)29-25)17-22(26-28)20-11-10-18-6-2-3-7-19(18)16-20/h2-11,16,23H,12-15,17H2,1H3/t23-/m0/s1. The summed E-state index contributed by atoms with van der Waals surface area (Å²) in [6, 6.07) is 24.0. The Hall–Kier alpha value is -2.85. The van der Waals surface area contributed by atoms with Crippen LogP contribution in [0.25, 0.3) is 10.8 Å². The predicted octanol–water partition coefficient (Wildman–Crippen LogP) is 4.81. The molecule has 1 saturated heterocycles. The van der Waals surface area contributed by atoms with Crippen LogP contribution in [0, 0.1) is 0 Å². The molecule has 3 aromatic carbocycles. The van der Waals surface area contributed by atoms with Gasteiger partial charge < -0.3 is 9.64 Å². The zero-order valence-electron chi connectivity index (χ0n) is 16.7. The normalized spacial score (nSPS) is 22.9. The summed E-state index contributed by atoms with van der Waals surface area (Å²) in [5, 5.41) is 10.0. The topological polar surface area (TPSA) is 28.1 Å². The highest BCUT2D eigenvalue weighted by Gasteiger charge is 2.51. The minimum atomic E-state index is -0.329. The summed E-state index contributed by atoms with van der Waals surface area (Å²) in [6.45, 7) is 2.07. The SMILES string of the molecule is CN1CCC2(CC1)Oc1ccccc1[C@@H]1CC(c3ccc4ccccc4c3)=NN12. The van der Waals surface area contributed by atoms with Crippen molar-refractivity contribution in [1.82, 2.24) is 9.91 Å². The van der Waals surface area contributed by atoms with E-state index in [0.717, 1.165) is 38.1 Å². The van der Waals surface area contributed by atoms with Crippen LogP contribution >= 0.6 is 0 Å². The Balaban J connectivity index is 1.44. The van der Waals surface area contributed by atoms with Crippen molar-refractivity contribution in [1.29, 1.82) is 0 Å². The molecule has 0 N–H and O–H groups in total. The lowest BCUT2D eigenvalue weighted by atomic mass is 9.90. The molecule has 0 saturated carbocycles. The second-order valence-electron chi connectivity index (χ2n) is 8.56. The van der Waals surface area contributed by atoms with Gasteiger partial charge in [0, 0.05) is 37.9 Å². The lowest BCUT2D eigenvalue weighted by molar-refractivity contribution is -0.147. The second kappa shape index (κ2) is 6.33. The zero-order chi connectivity index (χ0) is 19.4. The zero-order valence-corrected chi connectivity index (χ0v) is 16.7. The fraction of sp³-hybridized carbons (Fsp3) is 0.320. The van der Waals surface area contributed by atoms with E-state index in [2.05, 4.69) is 83.7 Å². The van der Waals surface area contributed by atoms with Crippen LogP contribution in [0.2, 0.25) is 0 Å². The molecule has 146 valence electrons. The number of likely N-dealkylation sites (tertiary alicyclic amines) is 1. The molecule has 1 fully saturated rings. The monoisotopic (exact) mass is 383 g/mol. The van der Waals surface area contributed by atoms with Gasteiger partial charge in [0.05, 0.1) is 11.8 Å². The highest BCUT2D eigenvalue weighted by molar-refractivity contribution is 6.04. The number of hydrogen-bond donors (Lipinski definition) is 0. The molecule has 0 aliphatic carbocycles. The average molecular weight is 383 g/mol. The van der Waals surface area contributed by atoms with Gasteiger partial charge in [0.15, 0.2) is 0 Å². The molecule has 0 amide bonds. The third-order valence-electron chi connectivity index (χ3n) is 6.76. The molecule has 3 heterocycles. The molecule has 29 heavy (non-hydrogen) atoms.